The number of carbonyl (C=O) groups excluding carboxylic acids is 3. The number of aliphatic hydroxyl groups excluding tert-OH is 1. The lowest BCUT2D eigenvalue weighted by molar-refractivity contribution is -0.148. The van der Waals surface area contributed by atoms with Crippen molar-refractivity contribution in [3.05, 3.63) is 71.4 Å². The molecule has 2 atom stereocenters. The lowest BCUT2D eigenvalue weighted by Gasteiger charge is -2.32. The summed E-state index contributed by atoms with van der Waals surface area (Å²) in [5, 5.41) is 19.1. The van der Waals surface area contributed by atoms with Gasteiger partial charge in [-0.2, -0.15) is 0 Å². The highest BCUT2D eigenvalue weighted by Crippen LogP contribution is 2.23. The Bertz CT molecular complexity index is 1300. The molecule has 3 aromatic rings. The lowest BCUT2D eigenvalue weighted by Crippen LogP contribution is -2.55. The molecule has 38 heavy (non-hydrogen) atoms. The maximum absolute atomic E-state index is 13.5. The minimum absolute atomic E-state index is 0.0966. The fraction of sp³-hybridized carbons (Fsp3) is 0.240. The summed E-state index contributed by atoms with van der Waals surface area (Å²) in [6.07, 6.45) is 1.39. The van der Waals surface area contributed by atoms with Crippen LogP contribution in [-0.4, -0.2) is 65.2 Å². The van der Waals surface area contributed by atoms with Gasteiger partial charge < -0.3 is 29.7 Å². The Morgan fingerprint density at radius 1 is 1.18 bits per heavy atom. The van der Waals surface area contributed by atoms with E-state index in [1.165, 1.54) is 11.2 Å². The molecule has 3 N–H and O–H groups in total. The van der Waals surface area contributed by atoms with Crippen molar-refractivity contribution in [2.75, 3.05) is 25.6 Å². The molecular formula is C25H24ClN5O7. The van der Waals surface area contributed by atoms with Gasteiger partial charge in [-0.05, 0) is 47.1 Å². The van der Waals surface area contributed by atoms with E-state index < -0.39 is 36.4 Å². The van der Waals surface area contributed by atoms with Crippen molar-refractivity contribution in [3.8, 4) is 11.6 Å². The van der Waals surface area contributed by atoms with Crippen LogP contribution in [0, 0.1) is 5.92 Å². The van der Waals surface area contributed by atoms with Gasteiger partial charge in [-0.25, -0.2) is 4.79 Å². The van der Waals surface area contributed by atoms with Crippen LogP contribution in [0.5, 0.6) is 11.6 Å². The summed E-state index contributed by atoms with van der Waals surface area (Å²) in [6, 6.07) is 14.0. The largest absolute Gasteiger partial charge is 0.467 e. The summed E-state index contributed by atoms with van der Waals surface area (Å²) in [6.45, 7) is -0.754. The number of esters is 1. The molecule has 0 bridgehead atoms. The molecule has 0 radical (unpaired) electrons. The summed E-state index contributed by atoms with van der Waals surface area (Å²) in [7, 11) is 1.13. The molecule has 198 valence electrons. The Morgan fingerprint density at radius 3 is 2.55 bits per heavy atom. The second-order valence-electron chi connectivity index (χ2n) is 8.12. The Labute approximate surface area is 222 Å². The molecule has 0 spiro atoms. The third-order valence-corrected chi connectivity index (χ3v) is 5.80. The predicted octanol–water partition coefficient (Wildman–Crippen LogP) is 2.20. The van der Waals surface area contributed by atoms with E-state index in [0.717, 1.165) is 12.7 Å². The van der Waals surface area contributed by atoms with Gasteiger partial charge in [0.05, 0.1) is 26.8 Å². The molecule has 0 aliphatic carbocycles. The Hall–Kier alpha value is -4.42. The first kappa shape index (κ1) is 26.6. The number of anilines is 1. The number of guanidine groups is 1. The van der Waals surface area contributed by atoms with Gasteiger partial charge in [-0.15, -0.1) is 0 Å². The quantitative estimate of drug-likeness (QED) is 0.273. The van der Waals surface area contributed by atoms with E-state index >= 15 is 0 Å². The number of aliphatic imine (C=N–C) groups is 1. The zero-order chi connectivity index (χ0) is 27.1. The van der Waals surface area contributed by atoms with Crippen LogP contribution in [0.25, 0.3) is 0 Å². The fourth-order valence-electron chi connectivity index (χ4n) is 3.56. The zero-order valence-electron chi connectivity index (χ0n) is 20.2. The van der Waals surface area contributed by atoms with Crippen molar-refractivity contribution in [1.82, 2.24) is 15.4 Å². The van der Waals surface area contributed by atoms with E-state index in [4.69, 9.17) is 20.9 Å². The van der Waals surface area contributed by atoms with E-state index in [-0.39, 0.29) is 19.0 Å². The van der Waals surface area contributed by atoms with E-state index in [1.54, 1.807) is 54.6 Å². The first-order valence-electron chi connectivity index (χ1n) is 11.4. The molecule has 2 heterocycles. The predicted molar refractivity (Wildman–Crippen MR) is 135 cm³/mol. The van der Waals surface area contributed by atoms with E-state index in [9.17, 15) is 19.5 Å². The van der Waals surface area contributed by atoms with Crippen LogP contribution < -0.4 is 15.4 Å². The number of carbonyl (C=O) groups is 3. The third kappa shape index (κ3) is 6.47. The maximum atomic E-state index is 13.5. The lowest BCUT2D eigenvalue weighted by atomic mass is 10.0. The highest BCUT2D eigenvalue weighted by Gasteiger charge is 2.38. The number of aliphatic hydroxyl groups is 1. The number of halogens is 1. The number of ether oxygens (including phenoxy) is 2. The first-order chi connectivity index (χ1) is 18.4. The number of hydrogen-bond acceptors (Lipinski definition) is 10. The van der Waals surface area contributed by atoms with Gasteiger partial charge in [0.25, 0.3) is 5.88 Å². The van der Waals surface area contributed by atoms with Crippen LogP contribution in [0.1, 0.15) is 5.56 Å². The second kappa shape index (κ2) is 12.2. The van der Waals surface area contributed by atoms with Gasteiger partial charge in [0.15, 0.2) is 6.04 Å². The van der Waals surface area contributed by atoms with Crippen LogP contribution in [0.2, 0.25) is 5.02 Å². The topological polar surface area (TPSA) is 156 Å². The first-order valence-corrected chi connectivity index (χ1v) is 11.8. The maximum Gasteiger partial charge on any atom is 0.330 e. The number of hydrogen-bond donors (Lipinski definition) is 3. The van der Waals surface area contributed by atoms with Crippen molar-refractivity contribution in [2.45, 2.75) is 12.6 Å². The van der Waals surface area contributed by atoms with Gasteiger partial charge in [0.1, 0.15) is 17.9 Å². The molecule has 1 aromatic heterocycles. The summed E-state index contributed by atoms with van der Waals surface area (Å²) in [5.41, 5.74) is 1.36. The Kier molecular flexibility index (Phi) is 8.56. The number of nitrogens with zero attached hydrogens (tertiary/aromatic N) is 3. The average Bonchev–Trinajstić information content (AvgIpc) is 3.44. The smallest absolute Gasteiger partial charge is 0.330 e. The molecule has 1 aliphatic heterocycles. The minimum atomic E-state index is -1.30. The van der Waals surface area contributed by atoms with Gasteiger partial charge in [-0.3, -0.25) is 19.5 Å². The van der Waals surface area contributed by atoms with Crippen LogP contribution >= 0.6 is 11.6 Å². The fourth-order valence-corrected chi connectivity index (χ4v) is 3.69. The molecule has 1 unspecified atom stereocenters. The molecule has 13 heteroatoms. The van der Waals surface area contributed by atoms with Crippen LogP contribution in [0.3, 0.4) is 0 Å². The molecule has 1 aliphatic rings. The van der Waals surface area contributed by atoms with E-state index in [1.807, 2.05) is 0 Å². The Morgan fingerprint density at radius 2 is 1.92 bits per heavy atom. The van der Waals surface area contributed by atoms with Gasteiger partial charge >= 0.3 is 5.97 Å². The molecule has 4 rings (SSSR count). The minimum Gasteiger partial charge on any atom is -0.467 e. The zero-order valence-corrected chi connectivity index (χ0v) is 20.9. The van der Waals surface area contributed by atoms with Crippen LogP contribution in [0.15, 0.2) is 70.4 Å². The monoisotopic (exact) mass is 541 g/mol. The van der Waals surface area contributed by atoms with Crippen LogP contribution in [-0.2, 0) is 25.7 Å². The molecule has 2 amide bonds. The molecular weight excluding hydrogens is 518 g/mol. The number of benzene rings is 2. The average molecular weight is 542 g/mol. The highest BCUT2D eigenvalue weighted by atomic mass is 35.5. The SMILES string of the molecule is COC(=O)[C@H](CO)NC(=O)C1CN=C(Nc2ccc(Oc3ccon3)cc2)N(Cc2ccc(Cl)cc2)C1=O. The summed E-state index contributed by atoms with van der Waals surface area (Å²) in [4.78, 5) is 43.9. The summed E-state index contributed by atoms with van der Waals surface area (Å²) < 4.78 is 14.9. The second-order valence-corrected chi connectivity index (χ2v) is 8.56. The van der Waals surface area contributed by atoms with Crippen molar-refractivity contribution in [1.29, 1.82) is 0 Å². The highest BCUT2D eigenvalue weighted by molar-refractivity contribution is 6.30. The third-order valence-electron chi connectivity index (χ3n) is 5.55. The standard InChI is InChI=1S/C25H24ClN5O7/c1-36-24(35)20(14-32)29-22(33)19-12-27-25(31(23(19)34)13-15-2-4-16(26)5-3-15)28-17-6-8-18(9-7-17)38-21-10-11-37-30-21/h2-11,19-20,32H,12-14H2,1H3,(H,27,28)(H,29,33)/t19?,20-/m0/s1. The molecule has 0 saturated heterocycles. The summed E-state index contributed by atoms with van der Waals surface area (Å²) in [5.74, 6) is -2.29. The Balaban J connectivity index is 1.53. The van der Waals surface area contributed by atoms with Crippen LogP contribution in [0.4, 0.5) is 5.69 Å². The van der Waals surface area contributed by atoms with Gasteiger partial charge in [0, 0.05) is 16.8 Å². The van der Waals surface area contributed by atoms with Gasteiger partial charge in [-0.1, -0.05) is 23.7 Å². The number of rotatable bonds is 9. The van der Waals surface area contributed by atoms with E-state index in [2.05, 4.69) is 25.5 Å². The number of aromatic nitrogens is 1. The number of amides is 2. The van der Waals surface area contributed by atoms with Crippen molar-refractivity contribution in [2.24, 2.45) is 10.9 Å². The molecule has 0 saturated carbocycles. The number of nitrogens with one attached hydrogen (secondary N) is 2. The molecule has 12 nitrogen and oxygen atoms in total. The van der Waals surface area contributed by atoms with E-state index in [0.29, 0.717) is 22.3 Å². The molecule has 2 aromatic carbocycles. The van der Waals surface area contributed by atoms with Crippen molar-refractivity contribution < 1.29 is 33.5 Å². The van der Waals surface area contributed by atoms with Crippen molar-refractivity contribution >= 4 is 41.0 Å². The number of methoxy groups -OCH3 is 1. The normalized spacial score (nSPS) is 15.9. The summed E-state index contributed by atoms with van der Waals surface area (Å²) >= 11 is 5.99. The van der Waals surface area contributed by atoms with Crippen molar-refractivity contribution in [3.63, 3.8) is 0 Å². The van der Waals surface area contributed by atoms with Gasteiger partial charge in [0.2, 0.25) is 17.8 Å². The molecule has 0 fully saturated rings.